The van der Waals surface area contributed by atoms with Gasteiger partial charge in [0.2, 0.25) is 0 Å². The molecular formula is C7H8N6O. The smallest absolute Gasteiger partial charge is 0.269 e. The van der Waals surface area contributed by atoms with Crippen LogP contribution < -0.4 is 11.2 Å². The molecule has 1 rings (SSSR count). The molecule has 14 heavy (non-hydrogen) atoms. The lowest BCUT2D eigenvalue weighted by Crippen LogP contribution is -2.13. The van der Waals surface area contributed by atoms with E-state index in [0.29, 0.717) is 0 Å². The number of H-pyrrole nitrogens is 1. The quantitative estimate of drug-likeness (QED) is 0.352. The molecule has 0 aliphatic carbocycles. The Labute approximate surface area is 79.8 Å². The van der Waals surface area contributed by atoms with E-state index in [0.717, 1.165) is 0 Å². The van der Waals surface area contributed by atoms with Crippen molar-refractivity contribution < 1.29 is 4.79 Å². The molecule has 1 amide bonds. The molecule has 4 N–H and O–H groups in total. The topological polar surface area (TPSA) is 109 Å². The first kappa shape index (κ1) is 9.73. The molecule has 7 heteroatoms. The third-order valence-electron chi connectivity index (χ3n) is 1.27. The minimum atomic E-state index is -0.628. The number of aromatic nitrogens is 2. The molecule has 1 heterocycles. The van der Waals surface area contributed by atoms with E-state index in [-0.39, 0.29) is 18.1 Å². The Balaban J connectivity index is 2.64. The first-order valence-electron chi connectivity index (χ1n) is 3.65. The van der Waals surface area contributed by atoms with Crippen LogP contribution in [0.25, 0.3) is 0 Å². The summed E-state index contributed by atoms with van der Waals surface area (Å²) in [5.74, 6) is 1.86. The molecule has 0 radical (unpaired) electrons. The number of primary amides is 1. The number of imidazole rings is 1. The van der Waals surface area contributed by atoms with Crippen molar-refractivity contribution in [2.45, 2.75) is 0 Å². The fraction of sp³-hybridized carbons (Fsp3) is 0.143. The Morgan fingerprint density at radius 1 is 1.86 bits per heavy atom. The third kappa shape index (κ3) is 2.31. The first-order chi connectivity index (χ1) is 6.75. The number of carbonyl (C=O) groups excluding carboxylic acids is 1. The Bertz CT molecular complexity index is 387. The monoisotopic (exact) mass is 192 g/mol. The van der Waals surface area contributed by atoms with Gasteiger partial charge in [-0.25, -0.2) is 10.4 Å². The molecule has 0 aliphatic rings. The van der Waals surface area contributed by atoms with E-state index < -0.39 is 5.91 Å². The average Bonchev–Trinajstić information content (AvgIpc) is 2.60. The van der Waals surface area contributed by atoms with Gasteiger partial charge in [0.25, 0.3) is 5.91 Å². The molecular weight excluding hydrogens is 184 g/mol. The van der Waals surface area contributed by atoms with Gasteiger partial charge in [0.1, 0.15) is 12.2 Å². The summed E-state index contributed by atoms with van der Waals surface area (Å²) in [6, 6.07) is 0. The van der Waals surface area contributed by atoms with Crippen LogP contribution in [0.2, 0.25) is 0 Å². The summed E-state index contributed by atoms with van der Waals surface area (Å²) < 4.78 is 0. The number of hydrogen-bond acceptors (Lipinski definition) is 4. The highest BCUT2D eigenvalue weighted by atomic mass is 16.1. The number of amides is 1. The Morgan fingerprint density at radius 2 is 2.64 bits per heavy atom. The van der Waals surface area contributed by atoms with Crippen molar-refractivity contribution in [3.8, 4) is 12.3 Å². The maximum atomic E-state index is 10.8. The molecule has 1 aromatic rings. The number of nitrogens with zero attached hydrogens (tertiary/aromatic N) is 3. The van der Waals surface area contributed by atoms with Gasteiger partial charge in [-0.2, -0.15) is 5.11 Å². The van der Waals surface area contributed by atoms with Crippen molar-refractivity contribution >= 4 is 11.7 Å². The van der Waals surface area contributed by atoms with Crippen molar-refractivity contribution in [2.75, 3.05) is 12.0 Å². The molecule has 0 bridgehead atoms. The standard InChI is InChI=1S/C7H8N6O/c1-2-3-11-13-12-7-5(6(8)14)9-4-10-7/h1,4H,3H2,(H2,8,14)(H,9,10)(H,11,12). The summed E-state index contributed by atoms with van der Waals surface area (Å²) in [5, 5.41) is 7.03. The lowest BCUT2D eigenvalue weighted by molar-refractivity contribution is 0.0997. The normalized spacial score (nSPS) is 9.93. The molecule has 0 saturated carbocycles. The summed E-state index contributed by atoms with van der Waals surface area (Å²) in [4.78, 5) is 17.1. The summed E-state index contributed by atoms with van der Waals surface area (Å²) in [5.41, 5.74) is 7.61. The van der Waals surface area contributed by atoms with Crippen LogP contribution in [0.1, 0.15) is 10.5 Å². The maximum Gasteiger partial charge on any atom is 0.269 e. The van der Waals surface area contributed by atoms with E-state index in [9.17, 15) is 4.79 Å². The van der Waals surface area contributed by atoms with Crippen molar-refractivity contribution in [3.63, 3.8) is 0 Å². The van der Waals surface area contributed by atoms with E-state index in [2.05, 4.69) is 31.7 Å². The van der Waals surface area contributed by atoms with Crippen LogP contribution in [0.15, 0.2) is 16.7 Å². The second-order valence-corrected chi connectivity index (χ2v) is 2.21. The molecule has 0 spiro atoms. The fourth-order valence-electron chi connectivity index (χ4n) is 0.726. The van der Waals surface area contributed by atoms with Gasteiger partial charge in [0.15, 0.2) is 5.82 Å². The molecule has 7 nitrogen and oxygen atoms in total. The number of hydrogen-bond donors (Lipinski definition) is 3. The molecule has 0 unspecified atom stereocenters. The lowest BCUT2D eigenvalue weighted by Gasteiger charge is -1.94. The predicted molar refractivity (Wildman–Crippen MR) is 49.3 cm³/mol. The average molecular weight is 192 g/mol. The van der Waals surface area contributed by atoms with Gasteiger partial charge >= 0.3 is 0 Å². The van der Waals surface area contributed by atoms with Gasteiger partial charge < -0.3 is 10.7 Å². The van der Waals surface area contributed by atoms with Gasteiger partial charge in [-0.3, -0.25) is 4.79 Å². The third-order valence-corrected chi connectivity index (χ3v) is 1.27. The number of anilines is 1. The molecule has 0 fully saturated rings. The number of terminal acetylenes is 1. The zero-order valence-corrected chi connectivity index (χ0v) is 7.19. The van der Waals surface area contributed by atoms with Crippen LogP contribution >= 0.6 is 0 Å². The molecule has 72 valence electrons. The maximum absolute atomic E-state index is 10.8. The number of carbonyl (C=O) groups is 1. The minimum absolute atomic E-state index is 0.143. The zero-order valence-electron chi connectivity index (χ0n) is 7.19. The number of rotatable bonds is 4. The molecule has 0 aromatic carbocycles. The SMILES string of the molecule is C#CCN=NNc1nc[nH]c1C(N)=O. The number of nitrogens with two attached hydrogens (primary N) is 1. The highest BCUT2D eigenvalue weighted by Crippen LogP contribution is 2.07. The molecule has 0 saturated heterocycles. The van der Waals surface area contributed by atoms with Crippen LogP contribution in [-0.2, 0) is 0 Å². The zero-order chi connectivity index (χ0) is 10.4. The van der Waals surface area contributed by atoms with Crippen molar-refractivity contribution in [1.29, 1.82) is 0 Å². The van der Waals surface area contributed by atoms with Crippen LogP contribution in [0.5, 0.6) is 0 Å². The van der Waals surface area contributed by atoms with Crippen LogP contribution in [0.4, 0.5) is 5.82 Å². The fourth-order valence-corrected chi connectivity index (χ4v) is 0.726. The van der Waals surface area contributed by atoms with Gasteiger partial charge in [0.05, 0.1) is 6.33 Å². The summed E-state index contributed by atoms with van der Waals surface area (Å²) in [6.07, 6.45) is 6.26. The van der Waals surface area contributed by atoms with Crippen molar-refractivity contribution in [1.82, 2.24) is 9.97 Å². The Morgan fingerprint density at radius 3 is 3.29 bits per heavy atom. The van der Waals surface area contributed by atoms with Gasteiger partial charge in [0, 0.05) is 0 Å². The van der Waals surface area contributed by atoms with Crippen LogP contribution in [0.3, 0.4) is 0 Å². The second-order valence-electron chi connectivity index (χ2n) is 2.21. The van der Waals surface area contributed by atoms with E-state index in [1.54, 1.807) is 0 Å². The van der Waals surface area contributed by atoms with E-state index in [1.165, 1.54) is 6.33 Å². The number of nitrogens with one attached hydrogen (secondary N) is 2. The Kier molecular flexibility index (Phi) is 3.20. The lowest BCUT2D eigenvalue weighted by atomic mass is 10.4. The summed E-state index contributed by atoms with van der Waals surface area (Å²) in [7, 11) is 0. The largest absolute Gasteiger partial charge is 0.364 e. The van der Waals surface area contributed by atoms with Crippen molar-refractivity contribution in [3.05, 3.63) is 12.0 Å². The van der Waals surface area contributed by atoms with Crippen molar-refractivity contribution in [2.24, 2.45) is 16.1 Å². The second kappa shape index (κ2) is 4.61. The van der Waals surface area contributed by atoms with E-state index in [1.807, 2.05) is 0 Å². The molecule has 1 aromatic heterocycles. The molecule has 0 aliphatic heterocycles. The Hall–Kier alpha value is -2.36. The van der Waals surface area contributed by atoms with Crippen LogP contribution in [-0.4, -0.2) is 22.4 Å². The molecule has 0 atom stereocenters. The summed E-state index contributed by atoms with van der Waals surface area (Å²) in [6.45, 7) is 0.156. The van der Waals surface area contributed by atoms with Gasteiger partial charge in [-0.15, -0.1) is 6.42 Å². The van der Waals surface area contributed by atoms with Gasteiger partial charge in [-0.1, -0.05) is 11.1 Å². The van der Waals surface area contributed by atoms with Crippen LogP contribution in [0, 0.1) is 12.3 Å². The van der Waals surface area contributed by atoms with Gasteiger partial charge in [-0.05, 0) is 0 Å². The predicted octanol–water partition coefficient (Wildman–Crippen LogP) is -0.0791. The van der Waals surface area contributed by atoms with E-state index >= 15 is 0 Å². The van der Waals surface area contributed by atoms with E-state index in [4.69, 9.17) is 12.2 Å². The highest BCUT2D eigenvalue weighted by molar-refractivity contribution is 5.95. The number of aromatic amines is 1. The first-order valence-corrected chi connectivity index (χ1v) is 3.65. The minimum Gasteiger partial charge on any atom is -0.364 e. The highest BCUT2D eigenvalue weighted by Gasteiger charge is 2.09. The summed E-state index contributed by atoms with van der Waals surface area (Å²) >= 11 is 0.